The van der Waals surface area contributed by atoms with Crippen LogP contribution < -0.4 is 0 Å². The molecular weight excluding hydrogens is 206 g/mol. The number of aryl methyl sites for hydroxylation is 1. The molecule has 5 heteroatoms. The summed E-state index contributed by atoms with van der Waals surface area (Å²) >= 11 is 0. The Balaban J connectivity index is 2.18. The van der Waals surface area contributed by atoms with E-state index in [0.717, 1.165) is 25.1 Å². The van der Waals surface area contributed by atoms with Gasteiger partial charge >= 0.3 is 5.97 Å². The maximum atomic E-state index is 11.1. The van der Waals surface area contributed by atoms with Crippen LogP contribution in [0.15, 0.2) is 12.3 Å². The van der Waals surface area contributed by atoms with Gasteiger partial charge in [0.2, 0.25) is 0 Å². The lowest BCUT2D eigenvalue weighted by atomic mass is 10.1. The van der Waals surface area contributed by atoms with Gasteiger partial charge in [-0.1, -0.05) is 0 Å². The summed E-state index contributed by atoms with van der Waals surface area (Å²) in [5.41, 5.74) is 1.06. The normalized spacial score (nSPS) is 23.5. The molecule has 2 unspecified atom stereocenters. The zero-order valence-corrected chi connectivity index (χ0v) is 9.63. The number of likely N-dealkylation sites (tertiary alicyclic amines) is 1. The standard InChI is InChI=1S/C11H17N3O2/c1-8(9-5-6-12-13(9)2)14-7-3-4-10(14)11(15)16/h5-6,8,10H,3-4,7H2,1-2H3,(H,15,16). The number of hydrogen-bond acceptors (Lipinski definition) is 3. The highest BCUT2D eigenvalue weighted by molar-refractivity contribution is 5.73. The van der Waals surface area contributed by atoms with E-state index in [-0.39, 0.29) is 12.1 Å². The van der Waals surface area contributed by atoms with Crippen molar-refractivity contribution in [2.75, 3.05) is 6.54 Å². The molecule has 2 rings (SSSR count). The molecule has 1 aromatic heterocycles. The maximum absolute atomic E-state index is 11.1. The molecule has 0 spiro atoms. The molecule has 1 aromatic rings. The quantitative estimate of drug-likeness (QED) is 0.831. The van der Waals surface area contributed by atoms with E-state index in [0.29, 0.717) is 0 Å². The molecule has 16 heavy (non-hydrogen) atoms. The van der Waals surface area contributed by atoms with E-state index in [1.165, 1.54) is 0 Å². The summed E-state index contributed by atoms with van der Waals surface area (Å²) in [4.78, 5) is 13.1. The highest BCUT2D eigenvalue weighted by atomic mass is 16.4. The van der Waals surface area contributed by atoms with Crippen molar-refractivity contribution in [3.63, 3.8) is 0 Å². The SMILES string of the molecule is CC(c1ccnn1C)N1CCCC1C(=O)O. The van der Waals surface area contributed by atoms with E-state index >= 15 is 0 Å². The largest absolute Gasteiger partial charge is 0.480 e. The Bertz CT molecular complexity index is 388. The summed E-state index contributed by atoms with van der Waals surface area (Å²) < 4.78 is 1.81. The van der Waals surface area contributed by atoms with E-state index in [4.69, 9.17) is 5.11 Å². The van der Waals surface area contributed by atoms with Crippen molar-refractivity contribution in [2.45, 2.75) is 31.8 Å². The molecule has 0 radical (unpaired) electrons. The fourth-order valence-corrected chi connectivity index (χ4v) is 2.48. The minimum Gasteiger partial charge on any atom is -0.480 e. The molecule has 1 aliphatic heterocycles. The Morgan fingerprint density at radius 3 is 3.00 bits per heavy atom. The van der Waals surface area contributed by atoms with E-state index < -0.39 is 5.97 Å². The van der Waals surface area contributed by atoms with Crippen LogP contribution in [0.25, 0.3) is 0 Å². The molecule has 0 aliphatic carbocycles. The molecule has 88 valence electrons. The topological polar surface area (TPSA) is 58.4 Å². The van der Waals surface area contributed by atoms with Gasteiger partial charge in [-0.25, -0.2) is 0 Å². The predicted molar refractivity (Wildman–Crippen MR) is 59.0 cm³/mol. The monoisotopic (exact) mass is 223 g/mol. The van der Waals surface area contributed by atoms with Gasteiger partial charge in [0.1, 0.15) is 6.04 Å². The minimum atomic E-state index is -0.716. The summed E-state index contributed by atoms with van der Waals surface area (Å²) in [5.74, 6) is -0.716. The number of aromatic nitrogens is 2. The second kappa shape index (κ2) is 4.25. The summed E-state index contributed by atoms with van der Waals surface area (Å²) in [5, 5.41) is 13.3. The molecular formula is C11H17N3O2. The molecule has 2 atom stereocenters. The number of nitrogens with zero attached hydrogens (tertiary/aromatic N) is 3. The van der Waals surface area contributed by atoms with Gasteiger partial charge in [-0.15, -0.1) is 0 Å². The Kier molecular flexibility index (Phi) is 2.96. The number of rotatable bonds is 3. The van der Waals surface area contributed by atoms with Crippen molar-refractivity contribution >= 4 is 5.97 Å². The number of carboxylic acids is 1. The summed E-state index contributed by atoms with van der Waals surface area (Å²) in [6.07, 6.45) is 3.45. The van der Waals surface area contributed by atoms with Crippen LogP contribution in [-0.2, 0) is 11.8 Å². The second-order valence-electron chi connectivity index (χ2n) is 4.29. The maximum Gasteiger partial charge on any atom is 0.320 e. The molecule has 1 fully saturated rings. The minimum absolute atomic E-state index is 0.107. The molecule has 0 aromatic carbocycles. The van der Waals surface area contributed by atoms with Crippen LogP contribution in [0.2, 0.25) is 0 Å². The Morgan fingerprint density at radius 1 is 1.69 bits per heavy atom. The summed E-state index contributed by atoms with van der Waals surface area (Å²) in [6.45, 7) is 2.89. The highest BCUT2D eigenvalue weighted by Gasteiger charge is 2.34. The van der Waals surface area contributed by atoms with Crippen molar-refractivity contribution in [3.8, 4) is 0 Å². The van der Waals surface area contributed by atoms with Gasteiger partial charge in [-0.05, 0) is 32.4 Å². The van der Waals surface area contributed by atoms with Crippen molar-refractivity contribution in [2.24, 2.45) is 7.05 Å². The fourth-order valence-electron chi connectivity index (χ4n) is 2.48. The zero-order chi connectivity index (χ0) is 11.7. The molecule has 1 aliphatic rings. The molecule has 0 bridgehead atoms. The lowest BCUT2D eigenvalue weighted by molar-refractivity contribution is -0.142. The molecule has 2 heterocycles. The lowest BCUT2D eigenvalue weighted by Gasteiger charge is -2.28. The van der Waals surface area contributed by atoms with Gasteiger partial charge in [0.15, 0.2) is 0 Å². The highest BCUT2D eigenvalue weighted by Crippen LogP contribution is 2.28. The van der Waals surface area contributed by atoms with Gasteiger partial charge in [0, 0.05) is 19.3 Å². The number of carbonyl (C=O) groups is 1. The van der Waals surface area contributed by atoms with E-state index in [1.54, 1.807) is 6.20 Å². The smallest absolute Gasteiger partial charge is 0.320 e. The zero-order valence-electron chi connectivity index (χ0n) is 9.63. The van der Waals surface area contributed by atoms with Crippen LogP contribution >= 0.6 is 0 Å². The predicted octanol–water partition coefficient (Wildman–Crippen LogP) is 1.03. The molecule has 5 nitrogen and oxygen atoms in total. The van der Waals surface area contributed by atoms with Crippen molar-refractivity contribution < 1.29 is 9.90 Å². The van der Waals surface area contributed by atoms with E-state index in [1.807, 2.05) is 29.6 Å². The summed E-state index contributed by atoms with van der Waals surface area (Å²) in [7, 11) is 1.89. The van der Waals surface area contributed by atoms with Crippen LogP contribution in [0.5, 0.6) is 0 Å². The van der Waals surface area contributed by atoms with Gasteiger partial charge in [-0.2, -0.15) is 5.10 Å². The van der Waals surface area contributed by atoms with Crippen molar-refractivity contribution in [1.29, 1.82) is 0 Å². The van der Waals surface area contributed by atoms with Crippen LogP contribution in [0.4, 0.5) is 0 Å². The van der Waals surface area contributed by atoms with Crippen molar-refractivity contribution in [3.05, 3.63) is 18.0 Å². The van der Waals surface area contributed by atoms with Gasteiger partial charge in [0.05, 0.1) is 5.69 Å². The number of carboxylic acid groups (broad SMARTS) is 1. The fraction of sp³-hybridized carbons (Fsp3) is 0.636. The van der Waals surface area contributed by atoms with Gasteiger partial charge in [-0.3, -0.25) is 14.4 Å². The second-order valence-corrected chi connectivity index (χ2v) is 4.29. The van der Waals surface area contributed by atoms with Crippen LogP contribution in [0.1, 0.15) is 31.5 Å². The Labute approximate surface area is 94.7 Å². The number of hydrogen-bond donors (Lipinski definition) is 1. The molecule has 0 amide bonds. The first-order valence-corrected chi connectivity index (χ1v) is 5.57. The average molecular weight is 223 g/mol. The van der Waals surface area contributed by atoms with E-state index in [9.17, 15) is 4.79 Å². The van der Waals surface area contributed by atoms with Crippen LogP contribution in [0.3, 0.4) is 0 Å². The number of aliphatic carboxylic acids is 1. The lowest BCUT2D eigenvalue weighted by Crippen LogP contribution is -2.38. The first kappa shape index (κ1) is 11.1. The van der Waals surface area contributed by atoms with Crippen molar-refractivity contribution in [1.82, 2.24) is 14.7 Å². The third kappa shape index (κ3) is 1.82. The third-order valence-electron chi connectivity index (χ3n) is 3.36. The van der Waals surface area contributed by atoms with Gasteiger partial charge in [0.25, 0.3) is 0 Å². The van der Waals surface area contributed by atoms with Gasteiger partial charge < -0.3 is 5.11 Å². The first-order valence-electron chi connectivity index (χ1n) is 5.57. The Morgan fingerprint density at radius 2 is 2.44 bits per heavy atom. The first-order chi connectivity index (χ1) is 7.61. The Hall–Kier alpha value is -1.36. The molecule has 1 N–H and O–H groups in total. The van der Waals surface area contributed by atoms with Crippen LogP contribution in [-0.4, -0.2) is 38.3 Å². The summed E-state index contributed by atoms with van der Waals surface area (Å²) in [6, 6.07) is 1.71. The van der Waals surface area contributed by atoms with E-state index in [2.05, 4.69) is 5.10 Å². The average Bonchev–Trinajstić information content (AvgIpc) is 2.84. The molecule has 1 saturated heterocycles. The third-order valence-corrected chi connectivity index (χ3v) is 3.36. The van der Waals surface area contributed by atoms with Crippen LogP contribution in [0, 0.1) is 0 Å². The molecule has 0 saturated carbocycles.